The Morgan fingerprint density at radius 2 is 2.16 bits per heavy atom. The first-order chi connectivity index (χ1) is 14.9. The molecule has 4 N–H and O–H groups in total. The normalized spacial score (nSPS) is 16.1. The first-order valence-corrected chi connectivity index (χ1v) is 10.4. The molecule has 1 aliphatic rings. The van der Waals surface area contributed by atoms with Gasteiger partial charge >= 0.3 is 12.0 Å². The lowest BCUT2D eigenvalue weighted by Gasteiger charge is -2.30. The molecule has 3 heterocycles. The molecule has 3 aromatic rings. The molecule has 10 heteroatoms. The number of carboxylic acids is 1. The van der Waals surface area contributed by atoms with Crippen LogP contribution in [0.25, 0.3) is 11.3 Å². The molecule has 0 aliphatic carbocycles. The molecule has 0 radical (unpaired) electrons. The van der Waals surface area contributed by atoms with E-state index in [1.165, 1.54) is 23.5 Å². The van der Waals surface area contributed by atoms with Crippen LogP contribution < -0.4 is 15.4 Å². The number of benzene rings is 1. The number of carbonyl (C=O) groups is 2. The molecule has 0 saturated carbocycles. The van der Waals surface area contributed by atoms with Crippen molar-refractivity contribution in [2.45, 2.75) is 13.0 Å². The number of rotatable bonds is 6. The van der Waals surface area contributed by atoms with Crippen LogP contribution in [0.5, 0.6) is 11.5 Å². The molecule has 1 aliphatic heterocycles. The summed E-state index contributed by atoms with van der Waals surface area (Å²) in [5, 5.41) is 33.7. The quantitative estimate of drug-likeness (QED) is 0.466. The monoisotopic (exact) mass is 440 g/mol. The Bertz CT molecular complexity index is 1180. The summed E-state index contributed by atoms with van der Waals surface area (Å²) in [6, 6.07) is 3.83. The number of nitrogens with zero attached hydrogens (tertiary/aromatic N) is 2. The number of ether oxygens (including phenoxy) is 1. The van der Waals surface area contributed by atoms with E-state index in [-0.39, 0.29) is 17.9 Å². The molecule has 0 spiro atoms. The lowest BCUT2D eigenvalue weighted by atomic mass is 9.90. The summed E-state index contributed by atoms with van der Waals surface area (Å²) in [5.74, 6) is -1.73. The third kappa shape index (κ3) is 3.84. The van der Waals surface area contributed by atoms with E-state index in [2.05, 4.69) is 15.7 Å². The minimum Gasteiger partial charge on any atom is -0.504 e. The summed E-state index contributed by atoms with van der Waals surface area (Å²) in [7, 11) is 1.79. The van der Waals surface area contributed by atoms with Crippen LogP contribution in [0.4, 0.5) is 4.79 Å². The number of nitrogens with one attached hydrogen (secondary N) is 2. The van der Waals surface area contributed by atoms with Crippen molar-refractivity contribution in [3.8, 4) is 11.5 Å². The maximum absolute atomic E-state index is 12.6. The minimum absolute atomic E-state index is 0.0280. The van der Waals surface area contributed by atoms with Gasteiger partial charge in [-0.15, -0.1) is 0 Å². The highest BCUT2D eigenvalue weighted by atomic mass is 32.1. The third-order valence-corrected chi connectivity index (χ3v) is 5.54. The Balaban J connectivity index is 1.99. The number of aryl methyl sites for hydroxylation is 1. The van der Waals surface area contributed by atoms with Crippen LogP contribution in [0.1, 0.15) is 40.0 Å². The van der Waals surface area contributed by atoms with Crippen LogP contribution in [0.15, 0.2) is 41.4 Å². The Morgan fingerprint density at radius 3 is 2.77 bits per heavy atom. The van der Waals surface area contributed by atoms with Gasteiger partial charge < -0.3 is 25.6 Å². The summed E-state index contributed by atoms with van der Waals surface area (Å²) >= 11 is 1.50. The molecule has 4 rings (SSSR count). The van der Waals surface area contributed by atoms with Crippen LogP contribution in [0, 0.1) is 0 Å². The average Bonchev–Trinajstić information content (AvgIpc) is 3.40. The van der Waals surface area contributed by atoms with E-state index in [9.17, 15) is 19.8 Å². The number of aromatic hydroxyl groups is 1. The van der Waals surface area contributed by atoms with Crippen molar-refractivity contribution in [2.75, 3.05) is 6.61 Å². The number of thiophene rings is 1. The zero-order chi connectivity index (χ0) is 22.1. The van der Waals surface area contributed by atoms with Gasteiger partial charge in [-0.3, -0.25) is 4.68 Å². The highest BCUT2D eigenvalue weighted by molar-refractivity contribution is 7.08. The smallest absolute Gasteiger partial charge is 0.339 e. The van der Waals surface area contributed by atoms with E-state index < -0.39 is 23.8 Å². The Hall–Kier alpha value is -3.79. The van der Waals surface area contributed by atoms with E-state index in [1.807, 2.05) is 23.0 Å². The van der Waals surface area contributed by atoms with Gasteiger partial charge in [0.05, 0.1) is 24.5 Å². The highest BCUT2D eigenvalue weighted by Gasteiger charge is 2.32. The third-order valence-electron chi connectivity index (χ3n) is 4.86. The fourth-order valence-corrected chi connectivity index (χ4v) is 4.20. The van der Waals surface area contributed by atoms with Crippen molar-refractivity contribution >= 4 is 34.6 Å². The van der Waals surface area contributed by atoms with E-state index in [4.69, 9.17) is 4.74 Å². The fourth-order valence-electron chi connectivity index (χ4n) is 3.54. The van der Waals surface area contributed by atoms with Crippen LogP contribution in [-0.4, -0.2) is 38.6 Å². The first-order valence-electron chi connectivity index (χ1n) is 9.45. The number of urea groups is 1. The Labute approximate surface area is 181 Å². The van der Waals surface area contributed by atoms with Crippen molar-refractivity contribution in [1.29, 1.82) is 0 Å². The number of hydrogen-bond acceptors (Lipinski definition) is 6. The van der Waals surface area contributed by atoms with Crippen molar-refractivity contribution < 1.29 is 24.5 Å². The summed E-state index contributed by atoms with van der Waals surface area (Å²) in [5.41, 5.74) is 2.91. The predicted octanol–water partition coefficient (Wildman–Crippen LogP) is 3.21. The average molecular weight is 440 g/mol. The second-order valence-corrected chi connectivity index (χ2v) is 7.67. The lowest BCUT2D eigenvalue weighted by Crippen LogP contribution is -2.42. The van der Waals surface area contributed by atoms with Gasteiger partial charge in [-0.2, -0.15) is 16.4 Å². The van der Waals surface area contributed by atoms with Crippen LogP contribution in [0.2, 0.25) is 0 Å². The standard InChI is InChI=1S/C21H20N4O5S/c1-3-30-15-7-12(6-14(19(15)26)20(27)28)17-16(11-4-5-31-10-11)18(24-21(29)23-17)13-8-22-25(2)9-13/h4-10,18,26H,3H2,1-2H3,(H,27,28)(H2,23,24,29). The van der Waals surface area contributed by atoms with Gasteiger partial charge in [-0.25, -0.2) is 9.59 Å². The van der Waals surface area contributed by atoms with Crippen molar-refractivity contribution in [1.82, 2.24) is 20.4 Å². The van der Waals surface area contributed by atoms with E-state index >= 15 is 0 Å². The topological polar surface area (TPSA) is 126 Å². The van der Waals surface area contributed by atoms with E-state index in [0.717, 1.165) is 16.7 Å². The summed E-state index contributed by atoms with van der Waals surface area (Å²) < 4.78 is 7.09. The maximum Gasteiger partial charge on any atom is 0.339 e. The highest BCUT2D eigenvalue weighted by Crippen LogP contribution is 2.41. The first kappa shape index (κ1) is 20.5. The molecule has 160 valence electrons. The number of amides is 2. The predicted molar refractivity (Wildman–Crippen MR) is 115 cm³/mol. The van der Waals surface area contributed by atoms with Crippen LogP contribution >= 0.6 is 11.3 Å². The summed E-state index contributed by atoms with van der Waals surface area (Å²) in [4.78, 5) is 24.3. The number of aromatic nitrogens is 2. The van der Waals surface area contributed by atoms with Crippen LogP contribution in [-0.2, 0) is 7.05 Å². The van der Waals surface area contributed by atoms with Crippen LogP contribution in [0.3, 0.4) is 0 Å². The molecule has 2 aromatic heterocycles. The van der Waals surface area contributed by atoms with Gasteiger partial charge in [0.2, 0.25) is 0 Å². The molecule has 1 atom stereocenters. The maximum atomic E-state index is 12.6. The zero-order valence-corrected chi connectivity index (χ0v) is 17.6. The summed E-state index contributed by atoms with van der Waals surface area (Å²) in [6.45, 7) is 1.96. The number of aromatic carboxylic acids is 1. The number of carbonyl (C=O) groups excluding carboxylic acids is 1. The molecular formula is C21H20N4O5S. The van der Waals surface area contributed by atoms with Crippen molar-refractivity contribution in [2.24, 2.45) is 7.05 Å². The number of hydrogen-bond donors (Lipinski definition) is 4. The summed E-state index contributed by atoms with van der Waals surface area (Å²) in [6.07, 6.45) is 3.48. The fraction of sp³-hybridized carbons (Fsp3) is 0.190. The Kier molecular flexibility index (Phi) is 5.38. The second-order valence-electron chi connectivity index (χ2n) is 6.89. The SMILES string of the molecule is CCOc1cc(C2=C(c3ccsc3)C(c3cnn(C)c3)NC(=O)N2)cc(C(=O)O)c1O. The van der Waals surface area contributed by atoms with Gasteiger partial charge in [0.15, 0.2) is 11.5 Å². The largest absolute Gasteiger partial charge is 0.504 e. The number of phenols is 1. The molecule has 1 aromatic carbocycles. The molecule has 1 unspecified atom stereocenters. The molecule has 2 amide bonds. The van der Waals surface area contributed by atoms with Gasteiger partial charge in [0.1, 0.15) is 5.56 Å². The van der Waals surface area contributed by atoms with Gasteiger partial charge in [0.25, 0.3) is 0 Å². The minimum atomic E-state index is -1.30. The molecule has 31 heavy (non-hydrogen) atoms. The second kappa shape index (κ2) is 8.15. The lowest BCUT2D eigenvalue weighted by molar-refractivity contribution is 0.0692. The molecular weight excluding hydrogens is 420 g/mol. The van der Waals surface area contributed by atoms with Gasteiger partial charge in [-0.05, 0) is 41.4 Å². The zero-order valence-electron chi connectivity index (χ0n) is 16.7. The molecule has 0 bridgehead atoms. The van der Waals surface area contributed by atoms with E-state index in [1.54, 1.807) is 24.9 Å². The Morgan fingerprint density at radius 1 is 1.35 bits per heavy atom. The van der Waals surface area contributed by atoms with Crippen molar-refractivity contribution in [3.05, 3.63) is 63.6 Å². The number of carboxylic acid groups (broad SMARTS) is 1. The molecule has 0 saturated heterocycles. The van der Waals surface area contributed by atoms with Crippen molar-refractivity contribution in [3.63, 3.8) is 0 Å². The van der Waals surface area contributed by atoms with Gasteiger partial charge in [0, 0.05) is 29.9 Å². The van der Waals surface area contributed by atoms with E-state index in [0.29, 0.717) is 11.3 Å². The molecule has 9 nitrogen and oxygen atoms in total. The van der Waals surface area contributed by atoms with Gasteiger partial charge in [-0.1, -0.05) is 0 Å². The molecule has 0 fully saturated rings.